The van der Waals surface area contributed by atoms with E-state index in [9.17, 15) is 9.90 Å². The van der Waals surface area contributed by atoms with Crippen LogP contribution in [0.3, 0.4) is 0 Å². The molecule has 1 N–H and O–H groups in total. The van der Waals surface area contributed by atoms with Gasteiger partial charge in [0.25, 0.3) is 0 Å². The van der Waals surface area contributed by atoms with E-state index in [4.69, 9.17) is 9.47 Å². The standard InChI is InChI=1S/C18H25NO4/c1-11(2)19-8-6-13(7-9-19)17-15(23-5)10-14(22-4)16(12(3)20)18(17)21/h6,10-11,21H,7-9H2,1-5H3. The minimum atomic E-state index is -0.233. The Balaban J connectivity index is 2.54. The Labute approximate surface area is 137 Å². The van der Waals surface area contributed by atoms with Gasteiger partial charge in [0.15, 0.2) is 5.78 Å². The molecule has 0 unspecified atom stereocenters. The van der Waals surface area contributed by atoms with Gasteiger partial charge in [-0.2, -0.15) is 0 Å². The topological polar surface area (TPSA) is 59.0 Å². The van der Waals surface area contributed by atoms with Crippen molar-refractivity contribution in [2.24, 2.45) is 0 Å². The molecule has 0 saturated heterocycles. The molecule has 1 aliphatic heterocycles. The highest BCUT2D eigenvalue weighted by Crippen LogP contribution is 2.44. The fourth-order valence-electron chi connectivity index (χ4n) is 2.98. The van der Waals surface area contributed by atoms with E-state index in [1.807, 2.05) is 0 Å². The van der Waals surface area contributed by atoms with Crippen molar-refractivity contribution in [2.75, 3.05) is 27.3 Å². The van der Waals surface area contributed by atoms with Crippen LogP contribution >= 0.6 is 0 Å². The molecule has 2 rings (SSSR count). The number of carbonyl (C=O) groups is 1. The molecule has 1 aromatic rings. The zero-order valence-electron chi connectivity index (χ0n) is 14.5. The minimum absolute atomic E-state index is 0.0575. The summed E-state index contributed by atoms with van der Waals surface area (Å²) in [4.78, 5) is 14.3. The smallest absolute Gasteiger partial charge is 0.167 e. The zero-order valence-corrected chi connectivity index (χ0v) is 14.5. The fourth-order valence-corrected chi connectivity index (χ4v) is 2.98. The Morgan fingerprint density at radius 1 is 1.26 bits per heavy atom. The summed E-state index contributed by atoms with van der Waals surface area (Å²) in [6.07, 6.45) is 2.89. The molecule has 1 aliphatic rings. The molecule has 0 radical (unpaired) electrons. The van der Waals surface area contributed by atoms with Gasteiger partial charge in [-0.05, 0) is 32.8 Å². The Bertz CT molecular complexity index is 634. The van der Waals surface area contributed by atoms with Crippen molar-refractivity contribution in [1.29, 1.82) is 0 Å². The molecular weight excluding hydrogens is 294 g/mol. The van der Waals surface area contributed by atoms with Crippen LogP contribution in [0.25, 0.3) is 5.57 Å². The maximum atomic E-state index is 11.9. The molecule has 0 bridgehead atoms. The minimum Gasteiger partial charge on any atom is -0.506 e. The van der Waals surface area contributed by atoms with Crippen molar-refractivity contribution < 1.29 is 19.4 Å². The average molecular weight is 319 g/mol. The first kappa shape index (κ1) is 17.3. The summed E-state index contributed by atoms with van der Waals surface area (Å²) in [7, 11) is 3.02. The van der Waals surface area contributed by atoms with Gasteiger partial charge in [-0.1, -0.05) is 6.08 Å². The molecule has 126 valence electrons. The molecule has 1 aromatic carbocycles. The normalized spacial score (nSPS) is 15.5. The van der Waals surface area contributed by atoms with Crippen LogP contribution in [-0.2, 0) is 0 Å². The van der Waals surface area contributed by atoms with Crippen molar-refractivity contribution in [3.8, 4) is 17.2 Å². The molecular formula is C18H25NO4. The van der Waals surface area contributed by atoms with Crippen molar-refractivity contribution in [3.05, 3.63) is 23.3 Å². The number of ketones is 1. The summed E-state index contributed by atoms with van der Waals surface area (Å²) >= 11 is 0. The first-order valence-electron chi connectivity index (χ1n) is 7.83. The van der Waals surface area contributed by atoms with Gasteiger partial charge in [0, 0.05) is 25.2 Å². The number of nitrogens with zero attached hydrogens (tertiary/aromatic N) is 1. The van der Waals surface area contributed by atoms with E-state index < -0.39 is 0 Å². The quantitative estimate of drug-likeness (QED) is 0.845. The number of methoxy groups -OCH3 is 2. The second-order valence-corrected chi connectivity index (χ2v) is 6.00. The summed E-state index contributed by atoms with van der Waals surface area (Å²) in [5.41, 5.74) is 1.80. The molecule has 0 aliphatic carbocycles. The Morgan fingerprint density at radius 3 is 2.35 bits per heavy atom. The maximum absolute atomic E-state index is 11.9. The SMILES string of the molecule is COc1cc(OC)c(C2=CCN(C(C)C)CC2)c(O)c1C(C)=O. The maximum Gasteiger partial charge on any atom is 0.167 e. The third-order valence-electron chi connectivity index (χ3n) is 4.31. The highest BCUT2D eigenvalue weighted by atomic mass is 16.5. The molecule has 0 amide bonds. The summed E-state index contributed by atoms with van der Waals surface area (Å²) in [6, 6.07) is 2.15. The number of carbonyl (C=O) groups excluding carboxylic acids is 1. The number of aromatic hydroxyl groups is 1. The van der Waals surface area contributed by atoms with Crippen LogP contribution < -0.4 is 9.47 Å². The van der Waals surface area contributed by atoms with E-state index in [0.29, 0.717) is 23.1 Å². The number of phenolic OH excluding ortho intramolecular Hbond substituents is 1. The molecule has 5 nitrogen and oxygen atoms in total. The number of rotatable bonds is 5. The number of ether oxygens (including phenoxy) is 2. The molecule has 0 atom stereocenters. The predicted octanol–water partition coefficient (Wildman–Crippen LogP) is 3.11. The first-order valence-corrected chi connectivity index (χ1v) is 7.83. The van der Waals surface area contributed by atoms with Gasteiger partial charge in [-0.15, -0.1) is 0 Å². The highest BCUT2D eigenvalue weighted by molar-refractivity contribution is 6.02. The number of hydrogen-bond acceptors (Lipinski definition) is 5. The molecule has 1 heterocycles. The summed E-state index contributed by atoms with van der Waals surface area (Å²) in [6.45, 7) is 7.48. The lowest BCUT2D eigenvalue weighted by Crippen LogP contribution is -2.34. The van der Waals surface area contributed by atoms with Crippen LogP contribution in [0.4, 0.5) is 0 Å². The van der Waals surface area contributed by atoms with Crippen LogP contribution in [0, 0.1) is 0 Å². The lowest BCUT2D eigenvalue weighted by Gasteiger charge is -2.30. The van der Waals surface area contributed by atoms with Gasteiger partial charge >= 0.3 is 0 Å². The third-order valence-corrected chi connectivity index (χ3v) is 4.31. The largest absolute Gasteiger partial charge is 0.506 e. The van der Waals surface area contributed by atoms with Crippen molar-refractivity contribution in [1.82, 2.24) is 4.90 Å². The first-order chi connectivity index (χ1) is 10.9. The molecule has 5 heteroatoms. The van der Waals surface area contributed by atoms with Gasteiger partial charge in [0.05, 0.1) is 19.8 Å². The average Bonchev–Trinajstić information content (AvgIpc) is 2.53. The monoisotopic (exact) mass is 319 g/mol. The molecule has 0 aromatic heterocycles. The van der Waals surface area contributed by atoms with E-state index in [1.165, 1.54) is 14.0 Å². The Kier molecular flexibility index (Phi) is 5.31. The number of phenols is 1. The Hall–Kier alpha value is -2.01. The Morgan fingerprint density at radius 2 is 1.91 bits per heavy atom. The predicted molar refractivity (Wildman–Crippen MR) is 90.5 cm³/mol. The zero-order chi connectivity index (χ0) is 17.1. The van der Waals surface area contributed by atoms with E-state index in [2.05, 4.69) is 24.8 Å². The lowest BCUT2D eigenvalue weighted by atomic mass is 9.93. The molecule has 0 fully saturated rings. The summed E-state index contributed by atoms with van der Waals surface area (Å²) in [5, 5.41) is 10.7. The van der Waals surface area contributed by atoms with Crippen LogP contribution in [0.2, 0.25) is 0 Å². The van der Waals surface area contributed by atoms with Crippen LogP contribution in [0.15, 0.2) is 12.1 Å². The number of hydrogen-bond donors (Lipinski definition) is 1. The highest BCUT2D eigenvalue weighted by Gasteiger charge is 2.26. The number of Topliss-reactive ketones (excluding diaryl/α,β-unsaturated/α-hetero) is 1. The number of benzene rings is 1. The molecule has 0 spiro atoms. The van der Waals surface area contributed by atoms with Crippen molar-refractivity contribution in [2.45, 2.75) is 33.2 Å². The van der Waals surface area contributed by atoms with Crippen molar-refractivity contribution >= 4 is 11.4 Å². The van der Waals surface area contributed by atoms with Gasteiger partial charge in [-0.3, -0.25) is 9.69 Å². The van der Waals surface area contributed by atoms with Crippen LogP contribution in [-0.4, -0.2) is 49.1 Å². The fraction of sp³-hybridized carbons (Fsp3) is 0.500. The van der Waals surface area contributed by atoms with Gasteiger partial charge in [0.2, 0.25) is 0 Å². The van der Waals surface area contributed by atoms with E-state index >= 15 is 0 Å². The van der Waals surface area contributed by atoms with Gasteiger partial charge < -0.3 is 14.6 Å². The van der Waals surface area contributed by atoms with Crippen molar-refractivity contribution in [3.63, 3.8) is 0 Å². The van der Waals surface area contributed by atoms with Gasteiger partial charge in [0.1, 0.15) is 22.8 Å². The van der Waals surface area contributed by atoms with Crippen LogP contribution in [0.5, 0.6) is 17.2 Å². The van der Waals surface area contributed by atoms with Crippen LogP contribution in [0.1, 0.15) is 43.1 Å². The summed E-state index contributed by atoms with van der Waals surface area (Å²) in [5.74, 6) is 0.561. The lowest BCUT2D eigenvalue weighted by molar-refractivity contribution is 0.101. The van der Waals surface area contributed by atoms with E-state index in [0.717, 1.165) is 25.1 Å². The summed E-state index contributed by atoms with van der Waals surface area (Å²) < 4.78 is 10.7. The van der Waals surface area contributed by atoms with Gasteiger partial charge in [-0.25, -0.2) is 0 Å². The molecule has 0 saturated carbocycles. The second kappa shape index (κ2) is 7.04. The van der Waals surface area contributed by atoms with E-state index in [1.54, 1.807) is 13.2 Å². The second-order valence-electron chi connectivity index (χ2n) is 6.00. The van der Waals surface area contributed by atoms with E-state index in [-0.39, 0.29) is 17.1 Å². The third kappa shape index (κ3) is 3.34. The molecule has 23 heavy (non-hydrogen) atoms.